The maximum Gasteiger partial charge on any atom is 0.407 e. The third-order valence-corrected chi connectivity index (χ3v) is 6.26. The lowest BCUT2D eigenvalue weighted by Gasteiger charge is -2.37. The van der Waals surface area contributed by atoms with E-state index in [-0.39, 0.29) is 36.1 Å². The molecular formula is C24H40IN5O2. The molecule has 3 rings (SSSR count). The number of ether oxygens (including phenoxy) is 1. The molecule has 1 heterocycles. The van der Waals surface area contributed by atoms with Crippen molar-refractivity contribution in [3.05, 3.63) is 35.9 Å². The second-order valence-electron chi connectivity index (χ2n) is 8.57. The first-order valence-corrected chi connectivity index (χ1v) is 11.9. The zero-order chi connectivity index (χ0) is 22.1. The van der Waals surface area contributed by atoms with Crippen molar-refractivity contribution in [3.8, 4) is 0 Å². The first-order valence-electron chi connectivity index (χ1n) is 11.9. The predicted molar refractivity (Wildman–Crippen MR) is 141 cm³/mol. The minimum atomic E-state index is -0.340. The highest BCUT2D eigenvalue weighted by atomic mass is 127. The summed E-state index contributed by atoms with van der Waals surface area (Å²) in [6.07, 6.45) is 4.14. The van der Waals surface area contributed by atoms with E-state index < -0.39 is 0 Å². The maximum atomic E-state index is 11.8. The monoisotopic (exact) mass is 557 g/mol. The molecule has 180 valence electrons. The van der Waals surface area contributed by atoms with Crippen LogP contribution in [0.25, 0.3) is 0 Å². The molecule has 1 aliphatic heterocycles. The minimum Gasteiger partial charge on any atom is -0.450 e. The Morgan fingerprint density at radius 2 is 1.84 bits per heavy atom. The van der Waals surface area contributed by atoms with Crippen LogP contribution < -0.4 is 16.0 Å². The summed E-state index contributed by atoms with van der Waals surface area (Å²) in [5.41, 5.74) is 1.38. The number of rotatable bonds is 9. The fraction of sp³-hybridized carbons (Fsp3) is 0.667. The molecule has 1 aromatic carbocycles. The molecule has 1 saturated carbocycles. The molecule has 0 bridgehead atoms. The van der Waals surface area contributed by atoms with Gasteiger partial charge < -0.3 is 20.7 Å². The molecule has 0 radical (unpaired) electrons. The smallest absolute Gasteiger partial charge is 0.407 e. The van der Waals surface area contributed by atoms with Crippen molar-refractivity contribution in [1.29, 1.82) is 0 Å². The Kier molecular flexibility index (Phi) is 11.6. The average Bonchev–Trinajstić information content (AvgIpc) is 3.63. The molecule has 8 heteroatoms. The summed E-state index contributed by atoms with van der Waals surface area (Å²) in [5.74, 6) is 1.35. The standard InChI is InChI=1S/C24H39N5O2.HI/c1-4-25-23(26-17-22(20-11-12-20)28-24(30)31-5-2)27-21-13-15-29(16-14-21)18(3)19-9-7-6-8-10-19;/h6-10,18,20-22H,4-5,11-17H2,1-3H3,(H,28,30)(H2,25,26,27);1H. The van der Waals surface area contributed by atoms with Crippen molar-refractivity contribution in [3.63, 3.8) is 0 Å². The molecule has 7 nitrogen and oxygen atoms in total. The van der Waals surface area contributed by atoms with Crippen molar-refractivity contribution in [2.24, 2.45) is 10.9 Å². The van der Waals surface area contributed by atoms with Crippen LogP contribution in [0.3, 0.4) is 0 Å². The summed E-state index contributed by atoms with van der Waals surface area (Å²) in [6, 6.07) is 11.6. The van der Waals surface area contributed by atoms with Gasteiger partial charge in [0, 0.05) is 31.7 Å². The minimum absolute atomic E-state index is 0. The summed E-state index contributed by atoms with van der Waals surface area (Å²) in [4.78, 5) is 19.2. The number of hydrogen-bond acceptors (Lipinski definition) is 4. The summed E-state index contributed by atoms with van der Waals surface area (Å²) in [7, 11) is 0. The number of aliphatic imine (C=N–C) groups is 1. The number of benzene rings is 1. The summed E-state index contributed by atoms with van der Waals surface area (Å²) < 4.78 is 5.05. The SMILES string of the molecule is CCNC(=NCC(NC(=O)OCC)C1CC1)NC1CCN(C(C)c2ccccc2)CC1.I. The quantitative estimate of drug-likeness (QED) is 0.244. The van der Waals surface area contributed by atoms with Gasteiger partial charge >= 0.3 is 6.09 Å². The molecular weight excluding hydrogens is 517 g/mol. The molecule has 2 aliphatic rings. The molecule has 1 aliphatic carbocycles. The molecule has 2 unspecified atom stereocenters. The molecule has 32 heavy (non-hydrogen) atoms. The van der Waals surface area contributed by atoms with Crippen molar-refractivity contribution in [2.45, 2.75) is 64.6 Å². The lowest BCUT2D eigenvalue weighted by Crippen LogP contribution is -2.49. The van der Waals surface area contributed by atoms with Crippen LogP contribution in [0.5, 0.6) is 0 Å². The molecule has 0 aromatic heterocycles. The van der Waals surface area contributed by atoms with Gasteiger partial charge in [0.15, 0.2) is 5.96 Å². The molecule has 1 amide bonds. The number of guanidine groups is 1. The van der Waals surface area contributed by atoms with Crippen LogP contribution in [0.2, 0.25) is 0 Å². The van der Waals surface area contributed by atoms with E-state index in [4.69, 9.17) is 9.73 Å². The number of nitrogens with zero attached hydrogens (tertiary/aromatic N) is 2. The number of alkyl carbamates (subject to hydrolysis) is 1. The molecule has 2 fully saturated rings. The van der Waals surface area contributed by atoms with Gasteiger partial charge in [0.2, 0.25) is 0 Å². The third kappa shape index (κ3) is 8.42. The van der Waals surface area contributed by atoms with Crippen molar-refractivity contribution in [1.82, 2.24) is 20.9 Å². The Balaban J connectivity index is 0.00000363. The molecule has 1 aromatic rings. The topological polar surface area (TPSA) is 78.0 Å². The molecule has 3 N–H and O–H groups in total. The van der Waals surface area contributed by atoms with E-state index in [1.807, 2.05) is 6.92 Å². The fourth-order valence-electron chi connectivity index (χ4n) is 4.21. The van der Waals surface area contributed by atoms with Gasteiger partial charge in [-0.2, -0.15) is 0 Å². The average molecular weight is 558 g/mol. The number of likely N-dealkylation sites (tertiary alicyclic amines) is 1. The van der Waals surface area contributed by atoms with Crippen molar-refractivity contribution in [2.75, 3.05) is 32.8 Å². The van der Waals surface area contributed by atoms with E-state index in [0.717, 1.165) is 51.3 Å². The highest BCUT2D eigenvalue weighted by molar-refractivity contribution is 14.0. The normalized spacial score (nSPS) is 19.4. The van der Waals surface area contributed by atoms with Crippen LogP contribution >= 0.6 is 24.0 Å². The number of halogens is 1. The van der Waals surface area contributed by atoms with E-state index in [2.05, 4.69) is 65.0 Å². The second-order valence-corrected chi connectivity index (χ2v) is 8.57. The number of piperidine rings is 1. The van der Waals surface area contributed by atoms with Gasteiger partial charge in [-0.15, -0.1) is 24.0 Å². The number of carbonyl (C=O) groups is 1. The third-order valence-electron chi connectivity index (χ3n) is 6.26. The van der Waals surface area contributed by atoms with Crippen LogP contribution in [0.4, 0.5) is 4.79 Å². The highest BCUT2D eigenvalue weighted by Gasteiger charge is 2.32. The first-order chi connectivity index (χ1) is 15.1. The fourth-order valence-corrected chi connectivity index (χ4v) is 4.21. The second kappa shape index (κ2) is 13.9. The Morgan fingerprint density at radius 3 is 2.44 bits per heavy atom. The zero-order valence-corrected chi connectivity index (χ0v) is 22.0. The van der Waals surface area contributed by atoms with Crippen molar-refractivity contribution >= 4 is 36.0 Å². The highest BCUT2D eigenvalue weighted by Crippen LogP contribution is 2.32. The number of carbonyl (C=O) groups excluding carboxylic acids is 1. The van der Waals surface area contributed by atoms with Gasteiger partial charge in [0.1, 0.15) is 0 Å². The molecule has 2 atom stereocenters. The number of nitrogens with one attached hydrogen (secondary N) is 3. The van der Waals surface area contributed by atoms with E-state index in [0.29, 0.717) is 31.2 Å². The number of amides is 1. The molecule has 1 saturated heterocycles. The van der Waals surface area contributed by atoms with Gasteiger partial charge in [0.05, 0.1) is 19.2 Å². The number of hydrogen-bond donors (Lipinski definition) is 3. The van der Waals surface area contributed by atoms with Crippen LogP contribution in [-0.2, 0) is 4.74 Å². The lowest BCUT2D eigenvalue weighted by molar-refractivity contribution is 0.147. The van der Waals surface area contributed by atoms with Crippen LogP contribution in [0.15, 0.2) is 35.3 Å². The zero-order valence-electron chi connectivity index (χ0n) is 19.7. The van der Waals surface area contributed by atoms with Gasteiger partial charge in [-0.25, -0.2) is 4.79 Å². The van der Waals surface area contributed by atoms with Gasteiger partial charge in [-0.05, 0) is 57.9 Å². The Labute approximate surface area is 210 Å². The molecule has 0 spiro atoms. The van der Waals surface area contributed by atoms with Crippen LogP contribution in [-0.4, -0.2) is 61.8 Å². The van der Waals surface area contributed by atoms with E-state index >= 15 is 0 Å². The summed E-state index contributed by atoms with van der Waals surface area (Å²) in [5, 5.41) is 9.97. The van der Waals surface area contributed by atoms with Gasteiger partial charge in [-0.1, -0.05) is 30.3 Å². The Bertz CT molecular complexity index is 706. The Hall–Kier alpha value is -1.55. The lowest BCUT2D eigenvalue weighted by atomic mass is 10.0. The van der Waals surface area contributed by atoms with E-state index in [9.17, 15) is 4.79 Å². The summed E-state index contributed by atoms with van der Waals surface area (Å²) >= 11 is 0. The largest absolute Gasteiger partial charge is 0.450 e. The van der Waals surface area contributed by atoms with Crippen LogP contribution in [0.1, 0.15) is 58.1 Å². The Morgan fingerprint density at radius 1 is 1.16 bits per heavy atom. The predicted octanol–water partition coefficient (Wildman–Crippen LogP) is 3.91. The van der Waals surface area contributed by atoms with Gasteiger partial charge in [0.25, 0.3) is 0 Å². The first kappa shape index (κ1) is 26.7. The van der Waals surface area contributed by atoms with E-state index in [1.165, 1.54) is 5.56 Å². The van der Waals surface area contributed by atoms with Crippen molar-refractivity contribution < 1.29 is 9.53 Å². The summed E-state index contributed by atoms with van der Waals surface area (Å²) in [6.45, 7) is 10.1. The van der Waals surface area contributed by atoms with Gasteiger partial charge in [-0.3, -0.25) is 9.89 Å². The van der Waals surface area contributed by atoms with E-state index in [1.54, 1.807) is 0 Å². The maximum absolute atomic E-state index is 11.8. The van der Waals surface area contributed by atoms with Crippen LogP contribution in [0, 0.1) is 5.92 Å².